The van der Waals surface area contributed by atoms with Crippen molar-refractivity contribution in [2.75, 3.05) is 7.11 Å². The minimum absolute atomic E-state index is 0.209. The first-order valence-electron chi connectivity index (χ1n) is 7.62. The number of nitriles is 1. The fraction of sp³-hybridized carbons (Fsp3) is 0.167. The lowest BCUT2D eigenvalue weighted by molar-refractivity contribution is -0.137. The molecule has 5 nitrogen and oxygen atoms in total. The third-order valence-corrected chi connectivity index (χ3v) is 4.32. The highest BCUT2D eigenvalue weighted by Gasteiger charge is 2.33. The normalized spacial score (nSPS) is 13.0. The zero-order chi connectivity index (χ0) is 18.5. The van der Waals surface area contributed by atoms with Crippen LogP contribution in [0.4, 0.5) is 13.2 Å². The zero-order valence-corrected chi connectivity index (χ0v) is 13.5. The lowest BCUT2D eigenvalue weighted by Gasteiger charge is -2.13. The maximum Gasteiger partial charge on any atom is 0.416 e. The van der Waals surface area contributed by atoms with Gasteiger partial charge in [-0.15, -0.1) is 0 Å². The van der Waals surface area contributed by atoms with Crippen LogP contribution in [0.3, 0.4) is 0 Å². The summed E-state index contributed by atoms with van der Waals surface area (Å²) < 4.78 is 46.6. The van der Waals surface area contributed by atoms with Crippen molar-refractivity contribution in [1.29, 1.82) is 5.26 Å². The molecule has 0 aliphatic carbocycles. The van der Waals surface area contributed by atoms with E-state index in [1.807, 2.05) is 6.07 Å². The molecule has 0 N–H and O–H groups in total. The Kier molecular flexibility index (Phi) is 3.47. The third kappa shape index (κ3) is 2.32. The standard InChI is InChI=1S/C18H11F3N4O/c1-26-16-2-3-25-15(9-24-17(25)13(16)6-22)12-5-11(18(19,20)21)4-10-7-23-8-14(10)12/h2-5,8-9H,7H2,1H3. The highest BCUT2D eigenvalue weighted by atomic mass is 19.4. The van der Waals surface area contributed by atoms with E-state index in [1.165, 1.54) is 13.3 Å². The van der Waals surface area contributed by atoms with Gasteiger partial charge >= 0.3 is 6.18 Å². The first-order chi connectivity index (χ1) is 12.4. The second-order valence-electron chi connectivity index (χ2n) is 5.77. The summed E-state index contributed by atoms with van der Waals surface area (Å²) in [5.74, 6) is 0.355. The number of benzene rings is 1. The SMILES string of the molecule is COc1ccn2c(-c3cc(C(F)(F)F)cc4c3C=NC4)cnc2c1C#N. The maximum absolute atomic E-state index is 13.3. The lowest BCUT2D eigenvalue weighted by Crippen LogP contribution is -2.07. The molecule has 0 amide bonds. The molecule has 1 aliphatic rings. The Hall–Kier alpha value is -3.34. The molecule has 0 radical (unpaired) electrons. The summed E-state index contributed by atoms with van der Waals surface area (Å²) in [7, 11) is 1.44. The summed E-state index contributed by atoms with van der Waals surface area (Å²) in [6.07, 6.45) is 0.181. The van der Waals surface area contributed by atoms with E-state index >= 15 is 0 Å². The van der Waals surface area contributed by atoms with E-state index in [2.05, 4.69) is 9.98 Å². The van der Waals surface area contributed by atoms with Crippen molar-refractivity contribution in [3.05, 3.63) is 52.8 Å². The van der Waals surface area contributed by atoms with Crippen molar-refractivity contribution in [2.24, 2.45) is 4.99 Å². The topological polar surface area (TPSA) is 62.7 Å². The Morgan fingerprint density at radius 1 is 1.31 bits per heavy atom. The van der Waals surface area contributed by atoms with Crippen molar-refractivity contribution >= 4 is 11.9 Å². The lowest BCUT2D eigenvalue weighted by atomic mass is 9.97. The molecule has 1 aliphatic heterocycles. The zero-order valence-electron chi connectivity index (χ0n) is 13.5. The van der Waals surface area contributed by atoms with Gasteiger partial charge in [-0.25, -0.2) is 4.98 Å². The van der Waals surface area contributed by atoms with Crippen molar-refractivity contribution in [2.45, 2.75) is 12.7 Å². The number of ether oxygens (including phenoxy) is 1. The van der Waals surface area contributed by atoms with Crippen LogP contribution in [-0.2, 0) is 12.7 Å². The highest BCUT2D eigenvalue weighted by Crippen LogP contribution is 2.37. The van der Waals surface area contributed by atoms with Gasteiger partial charge in [0, 0.05) is 23.5 Å². The summed E-state index contributed by atoms with van der Waals surface area (Å²) in [6, 6.07) is 5.83. The van der Waals surface area contributed by atoms with E-state index in [0.717, 1.165) is 12.1 Å². The first kappa shape index (κ1) is 16.1. The number of hydrogen-bond donors (Lipinski definition) is 0. The number of rotatable bonds is 2. The van der Waals surface area contributed by atoms with Gasteiger partial charge in [-0.3, -0.25) is 9.39 Å². The Balaban J connectivity index is 2.01. The number of aromatic nitrogens is 2. The summed E-state index contributed by atoms with van der Waals surface area (Å²) >= 11 is 0. The molecule has 0 spiro atoms. The molecule has 4 rings (SSSR count). The summed E-state index contributed by atoms with van der Waals surface area (Å²) in [5.41, 5.74) is 1.78. The molecule has 0 saturated heterocycles. The number of methoxy groups -OCH3 is 1. The molecule has 26 heavy (non-hydrogen) atoms. The van der Waals surface area contributed by atoms with Gasteiger partial charge in [0.2, 0.25) is 0 Å². The van der Waals surface area contributed by atoms with Crippen molar-refractivity contribution < 1.29 is 17.9 Å². The Bertz CT molecular complexity index is 1110. The smallest absolute Gasteiger partial charge is 0.416 e. The number of halogens is 3. The van der Waals surface area contributed by atoms with Gasteiger partial charge in [-0.05, 0) is 23.8 Å². The van der Waals surface area contributed by atoms with Crippen LogP contribution in [0.1, 0.15) is 22.3 Å². The second kappa shape index (κ2) is 5.59. The monoisotopic (exact) mass is 356 g/mol. The van der Waals surface area contributed by atoms with Gasteiger partial charge in [0.15, 0.2) is 5.65 Å². The molecule has 0 bridgehead atoms. The fourth-order valence-corrected chi connectivity index (χ4v) is 3.11. The number of nitrogens with zero attached hydrogens (tertiary/aromatic N) is 4. The molecule has 2 aromatic heterocycles. The third-order valence-electron chi connectivity index (χ3n) is 4.32. The van der Waals surface area contributed by atoms with E-state index < -0.39 is 11.7 Å². The number of pyridine rings is 1. The molecule has 0 saturated carbocycles. The van der Waals surface area contributed by atoms with Crippen LogP contribution < -0.4 is 4.74 Å². The van der Waals surface area contributed by atoms with Gasteiger partial charge in [-0.1, -0.05) is 0 Å². The van der Waals surface area contributed by atoms with Crippen molar-refractivity contribution in [3.63, 3.8) is 0 Å². The Morgan fingerprint density at radius 3 is 2.81 bits per heavy atom. The van der Waals surface area contributed by atoms with Crippen LogP contribution in [-0.4, -0.2) is 22.7 Å². The molecular formula is C18H11F3N4O. The summed E-state index contributed by atoms with van der Waals surface area (Å²) in [5, 5.41) is 9.38. The molecule has 0 unspecified atom stereocenters. The molecular weight excluding hydrogens is 345 g/mol. The number of alkyl halides is 3. The van der Waals surface area contributed by atoms with E-state index in [1.54, 1.807) is 22.9 Å². The first-order valence-corrected chi connectivity index (χ1v) is 7.62. The van der Waals surface area contributed by atoms with Crippen LogP contribution in [0.15, 0.2) is 35.6 Å². The highest BCUT2D eigenvalue weighted by molar-refractivity contribution is 5.94. The average molecular weight is 356 g/mol. The van der Waals surface area contributed by atoms with Crippen LogP contribution in [0.25, 0.3) is 16.9 Å². The van der Waals surface area contributed by atoms with Crippen LogP contribution in [0.2, 0.25) is 0 Å². The van der Waals surface area contributed by atoms with Gasteiger partial charge in [0.1, 0.15) is 17.4 Å². The Labute approximate surface area is 146 Å². The molecule has 130 valence electrons. The summed E-state index contributed by atoms with van der Waals surface area (Å²) in [4.78, 5) is 8.32. The van der Waals surface area contributed by atoms with E-state index in [0.29, 0.717) is 33.8 Å². The van der Waals surface area contributed by atoms with E-state index in [-0.39, 0.29) is 12.1 Å². The molecule has 0 atom stereocenters. The maximum atomic E-state index is 13.3. The van der Waals surface area contributed by atoms with Gasteiger partial charge < -0.3 is 4.74 Å². The number of fused-ring (bicyclic) bond motifs is 2. The minimum atomic E-state index is -4.46. The Morgan fingerprint density at radius 2 is 2.12 bits per heavy atom. The van der Waals surface area contributed by atoms with E-state index in [4.69, 9.17) is 4.74 Å². The quantitative estimate of drug-likeness (QED) is 0.701. The molecule has 0 fully saturated rings. The van der Waals surface area contributed by atoms with Gasteiger partial charge in [0.05, 0.1) is 31.1 Å². The average Bonchev–Trinajstić information content (AvgIpc) is 3.25. The predicted octanol–water partition coefficient (Wildman–Crippen LogP) is 3.83. The number of aliphatic imine (C=N–C) groups is 1. The summed E-state index contributed by atoms with van der Waals surface area (Å²) in [6.45, 7) is 0.209. The molecule has 1 aromatic carbocycles. The second-order valence-corrected chi connectivity index (χ2v) is 5.77. The minimum Gasteiger partial charge on any atom is -0.495 e. The molecule has 3 heterocycles. The number of hydrogen-bond acceptors (Lipinski definition) is 4. The van der Waals surface area contributed by atoms with Crippen LogP contribution in [0.5, 0.6) is 5.75 Å². The number of imidazole rings is 1. The fourth-order valence-electron chi connectivity index (χ4n) is 3.11. The van der Waals surface area contributed by atoms with E-state index in [9.17, 15) is 18.4 Å². The molecule has 8 heteroatoms. The van der Waals surface area contributed by atoms with Crippen LogP contribution in [0, 0.1) is 11.3 Å². The van der Waals surface area contributed by atoms with Crippen molar-refractivity contribution in [3.8, 4) is 23.1 Å². The van der Waals surface area contributed by atoms with Crippen LogP contribution >= 0.6 is 0 Å². The van der Waals surface area contributed by atoms with Crippen molar-refractivity contribution in [1.82, 2.24) is 9.38 Å². The largest absolute Gasteiger partial charge is 0.495 e. The van der Waals surface area contributed by atoms with Gasteiger partial charge in [-0.2, -0.15) is 18.4 Å². The molecule has 3 aromatic rings. The predicted molar refractivity (Wildman–Crippen MR) is 88.2 cm³/mol. The van der Waals surface area contributed by atoms with Gasteiger partial charge in [0.25, 0.3) is 0 Å².